The maximum atomic E-state index is 13.0. The quantitative estimate of drug-likeness (QED) is 0.419. The number of carbonyl (C=O) groups is 3. The number of carbonyl (C=O) groups excluding carboxylic acids is 1. The molecule has 0 bridgehead atoms. The summed E-state index contributed by atoms with van der Waals surface area (Å²) in [6, 6.07) is 10.4. The second-order valence-electron chi connectivity index (χ2n) is 6.41. The lowest BCUT2D eigenvalue weighted by Gasteiger charge is -2.16. The number of carboxylic acid groups (broad SMARTS) is 2. The zero-order valence-electron chi connectivity index (χ0n) is 16.1. The van der Waals surface area contributed by atoms with Gasteiger partial charge in [-0.2, -0.15) is 0 Å². The number of ether oxygens (including phenoxy) is 1. The average Bonchev–Trinajstić information content (AvgIpc) is 2.99. The topological polar surface area (TPSA) is 124 Å². The molecule has 3 rings (SSSR count). The summed E-state index contributed by atoms with van der Waals surface area (Å²) in [7, 11) is 0. The molecule has 0 aliphatic carbocycles. The number of carboxylic acids is 2. The summed E-state index contributed by atoms with van der Waals surface area (Å²) >= 11 is 6.32. The van der Waals surface area contributed by atoms with E-state index < -0.39 is 29.7 Å². The van der Waals surface area contributed by atoms with Gasteiger partial charge in [0.15, 0.2) is 10.4 Å². The second kappa shape index (κ2) is 9.19. The van der Waals surface area contributed by atoms with Gasteiger partial charge in [0.1, 0.15) is 17.1 Å². The van der Waals surface area contributed by atoms with Crippen molar-refractivity contribution in [3.8, 4) is 11.5 Å². The Hall–Kier alpha value is -3.37. The molecule has 1 heterocycles. The van der Waals surface area contributed by atoms with Crippen LogP contribution in [0.15, 0.2) is 47.4 Å². The molecule has 31 heavy (non-hydrogen) atoms. The number of phenols is 1. The Bertz CT molecular complexity index is 1110. The van der Waals surface area contributed by atoms with Gasteiger partial charge in [-0.25, -0.2) is 9.59 Å². The molecule has 1 saturated heterocycles. The van der Waals surface area contributed by atoms with Crippen LogP contribution >= 0.6 is 24.0 Å². The average molecular weight is 460 g/mol. The minimum absolute atomic E-state index is 0.203. The fourth-order valence-corrected chi connectivity index (χ4v) is 4.13. The van der Waals surface area contributed by atoms with Crippen LogP contribution in [-0.4, -0.2) is 43.6 Å². The fraction of sp³-hybridized carbons (Fsp3) is 0.143. The lowest BCUT2D eigenvalue weighted by molar-refractivity contribution is -0.145. The lowest BCUT2D eigenvalue weighted by atomic mass is 10.1. The molecule has 10 heteroatoms. The molecule has 2 aromatic rings. The molecule has 1 fully saturated rings. The van der Waals surface area contributed by atoms with Crippen molar-refractivity contribution in [2.45, 2.75) is 19.4 Å². The number of thioether (sulfide) groups is 1. The first-order chi connectivity index (χ1) is 14.7. The Morgan fingerprint density at radius 2 is 1.94 bits per heavy atom. The van der Waals surface area contributed by atoms with Crippen molar-refractivity contribution < 1.29 is 34.4 Å². The van der Waals surface area contributed by atoms with Gasteiger partial charge in [-0.15, -0.1) is 0 Å². The van der Waals surface area contributed by atoms with E-state index in [1.165, 1.54) is 17.0 Å². The molecular weight excluding hydrogens is 442 g/mol. The van der Waals surface area contributed by atoms with Crippen molar-refractivity contribution in [3.05, 3.63) is 58.5 Å². The summed E-state index contributed by atoms with van der Waals surface area (Å²) < 4.78 is 5.79. The summed E-state index contributed by atoms with van der Waals surface area (Å²) in [6.07, 6.45) is 0.788. The highest BCUT2D eigenvalue weighted by Crippen LogP contribution is 2.38. The van der Waals surface area contributed by atoms with E-state index in [-0.39, 0.29) is 26.9 Å². The highest BCUT2D eigenvalue weighted by molar-refractivity contribution is 8.27. The van der Waals surface area contributed by atoms with Crippen molar-refractivity contribution in [1.82, 2.24) is 0 Å². The molecule has 1 aliphatic heterocycles. The number of aromatic carboxylic acids is 1. The largest absolute Gasteiger partial charge is 0.507 e. The van der Waals surface area contributed by atoms with E-state index in [1.807, 2.05) is 0 Å². The van der Waals surface area contributed by atoms with Gasteiger partial charge < -0.3 is 20.1 Å². The van der Waals surface area contributed by atoms with E-state index in [2.05, 4.69) is 0 Å². The Kier molecular flexibility index (Phi) is 6.62. The smallest absolute Gasteiger partial charge is 0.344 e. The van der Waals surface area contributed by atoms with Gasteiger partial charge in [0.05, 0.1) is 10.6 Å². The second-order valence-corrected chi connectivity index (χ2v) is 8.09. The van der Waals surface area contributed by atoms with Gasteiger partial charge in [0, 0.05) is 11.6 Å². The van der Waals surface area contributed by atoms with Crippen LogP contribution in [0.2, 0.25) is 0 Å². The van der Waals surface area contributed by atoms with Crippen LogP contribution in [0.5, 0.6) is 11.5 Å². The number of nitrogens with zero attached hydrogens (tertiary/aromatic N) is 1. The third kappa shape index (κ3) is 4.70. The molecule has 160 valence electrons. The molecule has 1 atom stereocenters. The summed E-state index contributed by atoms with van der Waals surface area (Å²) in [5.41, 5.74) is 0.446. The van der Waals surface area contributed by atoms with Gasteiger partial charge in [-0.3, -0.25) is 9.69 Å². The monoisotopic (exact) mass is 459 g/mol. The summed E-state index contributed by atoms with van der Waals surface area (Å²) in [5, 5.41) is 28.2. The standard InChI is InChI=1S/C21H17NO7S2/c1-2-15(20(27)28)29-16-6-4-3-5-11(16)9-17-18(24)22(21(30)31-17)12-7-8-13(19(25)26)14(23)10-12/h3-10,15,23H,2H2,1H3,(H,25,26)(H,27,28)/b17-9-. The van der Waals surface area contributed by atoms with Crippen LogP contribution in [0.4, 0.5) is 5.69 Å². The van der Waals surface area contributed by atoms with E-state index in [0.717, 1.165) is 17.8 Å². The van der Waals surface area contributed by atoms with Gasteiger partial charge >= 0.3 is 11.9 Å². The molecule has 3 N–H and O–H groups in total. The predicted octanol–water partition coefficient (Wildman–Crippen LogP) is 3.74. The van der Waals surface area contributed by atoms with Crippen molar-refractivity contribution in [2.24, 2.45) is 0 Å². The number of hydrogen-bond acceptors (Lipinski definition) is 7. The molecule has 1 aliphatic rings. The maximum absolute atomic E-state index is 13.0. The van der Waals surface area contributed by atoms with Crippen molar-refractivity contribution >= 4 is 57.9 Å². The van der Waals surface area contributed by atoms with Crippen LogP contribution in [0.3, 0.4) is 0 Å². The van der Waals surface area contributed by atoms with Crippen molar-refractivity contribution in [1.29, 1.82) is 0 Å². The van der Waals surface area contributed by atoms with Gasteiger partial charge in [-0.05, 0) is 30.7 Å². The number of amides is 1. The minimum atomic E-state index is -1.29. The number of anilines is 1. The number of benzene rings is 2. The van der Waals surface area contributed by atoms with Crippen molar-refractivity contribution in [3.63, 3.8) is 0 Å². The van der Waals surface area contributed by atoms with Crippen LogP contribution in [0.1, 0.15) is 29.3 Å². The lowest BCUT2D eigenvalue weighted by Crippen LogP contribution is -2.27. The highest BCUT2D eigenvalue weighted by Gasteiger charge is 2.34. The minimum Gasteiger partial charge on any atom is -0.507 e. The van der Waals surface area contributed by atoms with E-state index in [9.17, 15) is 24.6 Å². The van der Waals surface area contributed by atoms with Crippen LogP contribution in [-0.2, 0) is 9.59 Å². The summed E-state index contributed by atoms with van der Waals surface area (Å²) in [6.45, 7) is 1.69. The van der Waals surface area contributed by atoms with Gasteiger partial charge in [0.2, 0.25) is 0 Å². The molecule has 0 radical (unpaired) electrons. The van der Waals surface area contributed by atoms with Crippen LogP contribution in [0, 0.1) is 0 Å². The third-order valence-corrected chi connectivity index (χ3v) is 5.69. The molecule has 0 saturated carbocycles. The normalized spacial score (nSPS) is 15.9. The number of para-hydroxylation sites is 1. The Morgan fingerprint density at radius 3 is 2.55 bits per heavy atom. The Labute approximate surface area is 186 Å². The summed E-state index contributed by atoms with van der Waals surface area (Å²) in [5.74, 6) is -3.02. The first-order valence-electron chi connectivity index (χ1n) is 9.05. The number of aliphatic carboxylic acids is 1. The molecule has 2 aromatic carbocycles. The molecule has 1 unspecified atom stereocenters. The number of aromatic hydroxyl groups is 1. The zero-order valence-corrected chi connectivity index (χ0v) is 17.8. The summed E-state index contributed by atoms with van der Waals surface area (Å²) in [4.78, 5) is 36.8. The maximum Gasteiger partial charge on any atom is 0.344 e. The van der Waals surface area contributed by atoms with E-state index in [0.29, 0.717) is 11.3 Å². The number of rotatable bonds is 7. The van der Waals surface area contributed by atoms with Gasteiger partial charge in [-0.1, -0.05) is 49.1 Å². The van der Waals surface area contributed by atoms with Crippen LogP contribution in [0.25, 0.3) is 6.08 Å². The highest BCUT2D eigenvalue weighted by atomic mass is 32.2. The first-order valence-corrected chi connectivity index (χ1v) is 10.3. The van der Waals surface area contributed by atoms with Crippen LogP contribution < -0.4 is 9.64 Å². The Balaban J connectivity index is 1.92. The predicted molar refractivity (Wildman–Crippen MR) is 120 cm³/mol. The number of hydrogen-bond donors (Lipinski definition) is 3. The molecule has 1 amide bonds. The Morgan fingerprint density at radius 1 is 1.23 bits per heavy atom. The van der Waals surface area contributed by atoms with Crippen molar-refractivity contribution in [2.75, 3.05) is 4.90 Å². The first kappa shape index (κ1) is 22.3. The molecule has 0 aromatic heterocycles. The zero-order chi connectivity index (χ0) is 22.7. The SMILES string of the molecule is CCC(Oc1ccccc1/C=C1\SC(=S)N(c2ccc(C(=O)O)c(O)c2)C1=O)C(=O)O. The van der Waals surface area contributed by atoms with E-state index in [4.69, 9.17) is 22.1 Å². The van der Waals surface area contributed by atoms with E-state index in [1.54, 1.807) is 37.3 Å². The molecular formula is C21H17NO7S2. The third-order valence-electron chi connectivity index (χ3n) is 4.38. The number of thiocarbonyl (C=S) groups is 1. The fourth-order valence-electron chi connectivity index (χ4n) is 2.84. The molecule has 0 spiro atoms. The van der Waals surface area contributed by atoms with E-state index >= 15 is 0 Å². The molecule has 8 nitrogen and oxygen atoms in total. The van der Waals surface area contributed by atoms with Gasteiger partial charge in [0.25, 0.3) is 5.91 Å².